The summed E-state index contributed by atoms with van der Waals surface area (Å²) < 4.78 is 0. The van der Waals surface area contributed by atoms with Crippen LogP contribution in [0, 0.1) is 0 Å². The highest BCUT2D eigenvalue weighted by Crippen LogP contribution is 2.18. The van der Waals surface area contributed by atoms with Gasteiger partial charge in [0.05, 0.1) is 0 Å². The van der Waals surface area contributed by atoms with Gasteiger partial charge in [-0.05, 0) is 23.8 Å². The molecule has 1 aromatic carbocycles. The van der Waals surface area contributed by atoms with E-state index in [9.17, 15) is 4.79 Å². The van der Waals surface area contributed by atoms with Crippen LogP contribution in [0.15, 0.2) is 24.3 Å². The molecule has 5 heteroatoms. The van der Waals surface area contributed by atoms with Gasteiger partial charge in [-0.3, -0.25) is 10.0 Å². The third kappa shape index (κ3) is 2.76. The van der Waals surface area contributed by atoms with Crippen molar-refractivity contribution in [3.63, 3.8) is 0 Å². The second-order valence-electron chi connectivity index (χ2n) is 2.58. The number of hydrogen-bond donors (Lipinski definition) is 3. The Morgan fingerprint density at radius 3 is 2.86 bits per heavy atom. The van der Waals surface area contributed by atoms with E-state index in [1.54, 1.807) is 18.2 Å². The van der Waals surface area contributed by atoms with E-state index in [1.807, 2.05) is 0 Å². The number of amides is 1. The molecule has 4 nitrogen and oxygen atoms in total. The van der Waals surface area contributed by atoms with Crippen LogP contribution in [0.25, 0.3) is 6.08 Å². The van der Waals surface area contributed by atoms with Gasteiger partial charge in [0, 0.05) is 16.8 Å². The number of halogens is 1. The second-order valence-corrected chi connectivity index (χ2v) is 3.02. The molecule has 1 aromatic rings. The Balaban J connectivity index is 2.87. The second kappa shape index (κ2) is 4.64. The summed E-state index contributed by atoms with van der Waals surface area (Å²) in [5, 5.41) is 8.76. The summed E-state index contributed by atoms with van der Waals surface area (Å²) in [7, 11) is 0. The van der Waals surface area contributed by atoms with Gasteiger partial charge in [0.2, 0.25) is 0 Å². The molecular formula is C9H9ClN2O2. The van der Waals surface area contributed by atoms with E-state index in [4.69, 9.17) is 22.5 Å². The van der Waals surface area contributed by atoms with Crippen molar-refractivity contribution in [2.24, 2.45) is 0 Å². The first-order chi connectivity index (χ1) is 6.63. The van der Waals surface area contributed by atoms with Gasteiger partial charge in [0.15, 0.2) is 0 Å². The van der Waals surface area contributed by atoms with E-state index in [0.717, 1.165) is 0 Å². The van der Waals surface area contributed by atoms with Crippen molar-refractivity contribution in [2.75, 3.05) is 5.73 Å². The molecule has 0 fully saturated rings. The van der Waals surface area contributed by atoms with Crippen LogP contribution in [0.1, 0.15) is 5.56 Å². The van der Waals surface area contributed by atoms with Crippen molar-refractivity contribution < 1.29 is 10.0 Å². The minimum absolute atomic E-state index is 0.472. The molecule has 0 aliphatic heterocycles. The number of carbonyl (C=O) groups excluding carboxylic acids is 1. The molecule has 0 radical (unpaired) electrons. The first kappa shape index (κ1) is 10.6. The summed E-state index contributed by atoms with van der Waals surface area (Å²) >= 11 is 5.68. The van der Waals surface area contributed by atoms with Crippen molar-refractivity contribution in [3.05, 3.63) is 34.9 Å². The lowest BCUT2D eigenvalue weighted by Gasteiger charge is -1.99. The Kier molecular flexibility index (Phi) is 3.50. The zero-order chi connectivity index (χ0) is 10.6. The van der Waals surface area contributed by atoms with Crippen LogP contribution >= 0.6 is 11.6 Å². The number of hydroxylamine groups is 1. The molecular weight excluding hydrogens is 204 g/mol. The molecule has 0 saturated heterocycles. The maximum atomic E-state index is 10.6. The predicted molar refractivity (Wildman–Crippen MR) is 54.8 cm³/mol. The topological polar surface area (TPSA) is 75.4 Å². The van der Waals surface area contributed by atoms with Crippen molar-refractivity contribution in [2.45, 2.75) is 0 Å². The van der Waals surface area contributed by atoms with Gasteiger partial charge in [-0.25, -0.2) is 5.48 Å². The van der Waals surface area contributed by atoms with Gasteiger partial charge in [-0.1, -0.05) is 17.7 Å². The number of nitrogen functional groups attached to an aromatic ring is 1. The SMILES string of the molecule is Nc1cc(Cl)ccc1/C=C/C(=O)NO. The molecule has 14 heavy (non-hydrogen) atoms. The largest absolute Gasteiger partial charge is 0.398 e. The molecule has 0 heterocycles. The summed E-state index contributed by atoms with van der Waals surface area (Å²) in [5.41, 5.74) is 8.23. The van der Waals surface area contributed by atoms with E-state index in [2.05, 4.69) is 0 Å². The monoisotopic (exact) mass is 212 g/mol. The fourth-order valence-electron chi connectivity index (χ4n) is 0.900. The number of hydrogen-bond acceptors (Lipinski definition) is 3. The molecule has 0 aliphatic carbocycles. The molecule has 0 bridgehead atoms. The van der Waals surface area contributed by atoms with Gasteiger partial charge in [-0.15, -0.1) is 0 Å². The van der Waals surface area contributed by atoms with E-state index in [1.165, 1.54) is 17.6 Å². The normalized spacial score (nSPS) is 10.4. The third-order valence-corrected chi connectivity index (χ3v) is 1.81. The molecule has 1 rings (SSSR count). The van der Waals surface area contributed by atoms with Crippen LogP contribution in [0.4, 0.5) is 5.69 Å². The number of nitrogens with one attached hydrogen (secondary N) is 1. The Morgan fingerprint density at radius 2 is 2.29 bits per heavy atom. The number of rotatable bonds is 2. The Labute approximate surface area is 85.9 Å². The molecule has 4 N–H and O–H groups in total. The van der Waals surface area contributed by atoms with Crippen LogP contribution in [-0.4, -0.2) is 11.1 Å². The van der Waals surface area contributed by atoms with Gasteiger partial charge >= 0.3 is 0 Å². The molecule has 1 amide bonds. The van der Waals surface area contributed by atoms with Crippen molar-refractivity contribution in [1.29, 1.82) is 0 Å². The van der Waals surface area contributed by atoms with Crippen molar-refractivity contribution in [3.8, 4) is 0 Å². The van der Waals surface area contributed by atoms with Crippen molar-refractivity contribution in [1.82, 2.24) is 5.48 Å². The summed E-state index contributed by atoms with van der Waals surface area (Å²) in [6, 6.07) is 4.92. The van der Waals surface area contributed by atoms with E-state index in [-0.39, 0.29) is 0 Å². The fraction of sp³-hybridized carbons (Fsp3) is 0. The van der Waals surface area contributed by atoms with Gasteiger partial charge in [0.1, 0.15) is 0 Å². The molecule has 0 spiro atoms. The first-order valence-electron chi connectivity index (χ1n) is 3.80. The van der Waals surface area contributed by atoms with E-state index in [0.29, 0.717) is 16.3 Å². The zero-order valence-corrected chi connectivity index (χ0v) is 7.95. The van der Waals surface area contributed by atoms with Gasteiger partial charge in [0.25, 0.3) is 5.91 Å². The maximum Gasteiger partial charge on any atom is 0.267 e. The van der Waals surface area contributed by atoms with Crippen LogP contribution in [-0.2, 0) is 4.79 Å². The summed E-state index contributed by atoms with van der Waals surface area (Å²) in [6.45, 7) is 0. The number of nitrogens with two attached hydrogens (primary N) is 1. The zero-order valence-electron chi connectivity index (χ0n) is 7.20. The first-order valence-corrected chi connectivity index (χ1v) is 4.18. The quantitative estimate of drug-likeness (QED) is 0.301. The molecule has 0 aliphatic rings. The van der Waals surface area contributed by atoms with E-state index >= 15 is 0 Å². The molecule has 0 atom stereocenters. The lowest BCUT2D eigenvalue weighted by atomic mass is 10.1. The molecule has 0 aromatic heterocycles. The summed E-state index contributed by atoms with van der Waals surface area (Å²) in [5.74, 6) is -0.612. The molecule has 0 saturated carbocycles. The summed E-state index contributed by atoms with van der Waals surface area (Å²) in [4.78, 5) is 10.6. The third-order valence-electron chi connectivity index (χ3n) is 1.57. The maximum absolute atomic E-state index is 10.6. The highest BCUT2D eigenvalue weighted by molar-refractivity contribution is 6.30. The Morgan fingerprint density at radius 1 is 1.57 bits per heavy atom. The molecule has 74 valence electrons. The van der Waals surface area contributed by atoms with Crippen LogP contribution < -0.4 is 11.2 Å². The predicted octanol–water partition coefficient (Wildman–Crippen LogP) is 1.44. The fourth-order valence-corrected chi connectivity index (χ4v) is 1.08. The average molecular weight is 213 g/mol. The number of benzene rings is 1. The Bertz CT molecular complexity index is 377. The standard InChI is InChI=1S/C9H9ClN2O2/c10-7-3-1-6(8(11)5-7)2-4-9(13)12-14/h1-5,14H,11H2,(H,12,13)/b4-2+. The van der Waals surface area contributed by atoms with Crippen LogP contribution in [0.3, 0.4) is 0 Å². The highest BCUT2D eigenvalue weighted by atomic mass is 35.5. The number of anilines is 1. The van der Waals surface area contributed by atoms with E-state index < -0.39 is 5.91 Å². The summed E-state index contributed by atoms with van der Waals surface area (Å²) in [6.07, 6.45) is 2.65. The smallest absolute Gasteiger partial charge is 0.267 e. The lowest BCUT2D eigenvalue weighted by Crippen LogP contribution is -2.14. The average Bonchev–Trinajstić information content (AvgIpc) is 2.16. The van der Waals surface area contributed by atoms with Crippen LogP contribution in [0.2, 0.25) is 5.02 Å². The van der Waals surface area contributed by atoms with Crippen molar-refractivity contribution >= 4 is 29.3 Å². The van der Waals surface area contributed by atoms with Gasteiger partial charge < -0.3 is 5.73 Å². The minimum atomic E-state index is -0.612. The number of carbonyl (C=O) groups is 1. The Hall–Kier alpha value is -1.52. The minimum Gasteiger partial charge on any atom is -0.398 e. The molecule has 0 unspecified atom stereocenters. The van der Waals surface area contributed by atoms with Gasteiger partial charge in [-0.2, -0.15) is 0 Å². The lowest BCUT2D eigenvalue weighted by molar-refractivity contribution is -0.124. The highest BCUT2D eigenvalue weighted by Gasteiger charge is 1.97. The van der Waals surface area contributed by atoms with Crippen LogP contribution in [0.5, 0.6) is 0 Å².